The number of nitrogens with one attached hydrogen (secondary N) is 1. The largest absolute Gasteiger partial charge is 0.497 e. The van der Waals surface area contributed by atoms with Gasteiger partial charge in [-0.2, -0.15) is 5.10 Å². The third-order valence-corrected chi connectivity index (χ3v) is 5.68. The molecule has 0 saturated carbocycles. The summed E-state index contributed by atoms with van der Waals surface area (Å²) in [6.45, 7) is 13.3. The van der Waals surface area contributed by atoms with Gasteiger partial charge in [-0.15, -0.1) is 0 Å². The van der Waals surface area contributed by atoms with E-state index in [0.29, 0.717) is 0 Å². The zero-order valence-electron chi connectivity index (χ0n) is 22.0. The molecular weight excluding hydrogens is 444 g/mol. The number of allylic oxidation sites excluding steroid dienone is 2. The van der Waals surface area contributed by atoms with Crippen LogP contribution in [0.25, 0.3) is 10.9 Å². The lowest BCUT2D eigenvalue weighted by atomic mass is 10.2. The Balaban J connectivity index is 0.000000464. The Hall–Kier alpha value is -3.13. The van der Waals surface area contributed by atoms with Crippen molar-refractivity contribution < 1.29 is 19.4 Å². The molecule has 8 nitrogen and oxygen atoms in total. The molecule has 0 aliphatic carbocycles. The van der Waals surface area contributed by atoms with Crippen LogP contribution in [-0.2, 0) is 16.1 Å². The normalized spacial score (nSPS) is 12.3. The number of benzene rings is 1. The standard InChI is InChI=1S/C19H29N3O2.C7H11NO.CH2O/c1-5-7-11-21(12-8-6-2)19(23)14-22-18-13-16(24-4)9-10-17(18)15(3)20-22;1-6-2-3-7(5-9)8-4-6;1-2/h9-10,13H,5-8,11-12,14H2,1-4H3;2-3,8-9H,4-5H2,1H3;1H2. The number of amides is 1. The molecule has 1 aliphatic rings. The zero-order valence-corrected chi connectivity index (χ0v) is 22.0. The van der Waals surface area contributed by atoms with E-state index in [1.807, 2.05) is 49.0 Å². The molecule has 0 fully saturated rings. The number of fused-ring (bicyclic) bond motifs is 1. The maximum atomic E-state index is 12.8. The van der Waals surface area contributed by atoms with Crippen LogP contribution < -0.4 is 10.1 Å². The number of dihydropyridines is 1. The Kier molecular flexibility index (Phi) is 14.1. The molecule has 0 saturated heterocycles. The van der Waals surface area contributed by atoms with E-state index in [1.54, 1.807) is 11.8 Å². The highest BCUT2D eigenvalue weighted by molar-refractivity contribution is 5.85. The Labute approximate surface area is 209 Å². The van der Waals surface area contributed by atoms with E-state index in [9.17, 15) is 4.79 Å². The van der Waals surface area contributed by atoms with E-state index in [1.165, 1.54) is 5.57 Å². The summed E-state index contributed by atoms with van der Waals surface area (Å²) >= 11 is 0. The molecule has 2 aromatic rings. The van der Waals surface area contributed by atoms with Crippen LogP contribution in [0.5, 0.6) is 5.75 Å². The van der Waals surface area contributed by atoms with Gasteiger partial charge in [0.15, 0.2) is 0 Å². The summed E-state index contributed by atoms with van der Waals surface area (Å²) in [5.74, 6) is 0.925. The van der Waals surface area contributed by atoms with E-state index in [-0.39, 0.29) is 19.1 Å². The lowest BCUT2D eigenvalue weighted by Gasteiger charge is -2.22. The second kappa shape index (κ2) is 16.5. The maximum absolute atomic E-state index is 12.8. The van der Waals surface area contributed by atoms with Gasteiger partial charge >= 0.3 is 0 Å². The molecule has 0 bridgehead atoms. The molecule has 8 heteroatoms. The molecule has 1 aromatic heterocycles. The zero-order chi connectivity index (χ0) is 26.2. The molecule has 2 heterocycles. The Morgan fingerprint density at radius 3 is 2.34 bits per heavy atom. The summed E-state index contributed by atoms with van der Waals surface area (Å²) in [4.78, 5) is 22.7. The number of nitrogens with zero attached hydrogens (tertiary/aromatic N) is 3. The van der Waals surface area contributed by atoms with Gasteiger partial charge in [0.25, 0.3) is 0 Å². The highest BCUT2D eigenvalue weighted by atomic mass is 16.5. The topological polar surface area (TPSA) is 96.7 Å². The summed E-state index contributed by atoms with van der Waals surface area (Å²) in [5, 5.41) is 17.3. The van der Waals surface area contributed by atoms with Gasteiger partial charge in [-0.1, -0.05) is 38.3 Å². The quantitative estimate of drug-likeness (QED) is 0.527. The number of aliphatic hydroxyl groups excluding tert-OH is 1. The van der Waals surface area contributed by atoms with Gasteiger partial charge in [0.2, 0.25) is 5.91 Å². The fourth-order valence-electron chi connectivity index (χ4n) is 3.58. The number of rotatable bonds is 10. The Bertz CT molecular complexity index is 973. The van der Waals surface area contributed by atoms with Gasteiger partial charge < -0.3 is 24.9 Å². The summed E-state index contributed by atoms with van der Waals surface area (Å²) in [7, 11) is 1.65. The molecule has 1 amide bonds. The van der Waals surface area contributed by atoms with Gasteiger partial charge in [0.1, 0.15) is 19.1 Å². The number of hydrogen-bond acceptors (Lipinski definition) is 6. The fraction of sp³-hybridized carbons (Fsp3) is 0.519. The number of unbranched alkanes of at least 4 members (excludes halogenated alkanes) is 2. The fourth-order valence-corrected chi connectivity index (χ4v) is 3.58. The first-order chi connectivity index (χ1) is 16.9. The van der Waals surface area contributed by atoms with Crippen molar-refractivity contribution in [3.63, 3.8) is 0 Å². The molecule has 2 N–H and O–H groups in total. The first-order valence-corrected chi connectivity index (χ1v) is 12.2. The SMILES string of the molecule is C=O.CC1=CC=C(CO)NC1.CCCCN(CCCC)C(=O)Cn1nc(C)c2ccc(OC)cc21. The summed E-state index contributed by atoms with van der Waals surface area (Å²) in [5.41, 5.74) is 4.09. The Morgan fingerprint density at radius 1 is 1.17 bits per heavy atom. The number of aromatic nitrogens is 2. The summed E-state index contributed by atoms with van der Waals surface area (Å²) in [6.07, 6.45) is 8.19. The lowest BCUT2D eigenvalue weighted by molar-refractivity contribution is -0.132. The molecule has 3 rings (SSSR count). The third-order valence-electron chi connectivity index (χ3n) is 5.68. The molecule has 1 aliphatic heterocycles. The number of aliphatic hydroxyl groups is 1. The second-order valence-corrected chi connectivity index (χ2v) is 8.43. The van der Waals surface area contributed by atoms with Gasteiger partial charge in [-0.25, -0.2) is 0 Å². The lowest BCUT2D eigenvalue weighted by Crippen LogP contribution is -2.35. The van der Waals surface area contributed by atoms with Crippen LogP contribution in [0.3, 0.4) is 0 Å². The number of carbonyl (C=O) groups excluding carboxylic acids is 2. The summed E-state index contributed by atoms with van der Waals surface area (Å²) in [6, 6.07) is 5.88. The first kappa shape index (κ1) is 29.9. The minimum atomic E-state index is 0.115. The van der Waals surface area contributed by atoms with Crippen LogP contribution in [0.1, 0.15) is 52.1 Å². The minimum Gasteiger partial charge on any atom is -0.497 e. The molecular formula is C27H42N4O4. The smallest absolute Gasteiger partial charge is 0.244 e. The average molecular weight is 487 g/mol. The molecule has 0 atom stereocenters. The number of methoxy groups -OCH3 is 1. The summed E-state index contributed by atoms with van der Waals surface area (Å²) < 4.78 is 7.11. The maximum Gasteiger partial charge on any atom is 0.244 e. The van der Waals surface area contributed by atoms with E-state index in [0.717, 1.165) is 73.4 Å². The van der Waals surface area contributed by atoms with Crippen molar-refractivity contribution in [3.05, 3.63) is 47.3 Å². The average Bonchev–Trinajstić information content (AvgIpc) is 3.20. The first-order valence-electron chi connectivity index (χ1n) is 12.2. The predicted octanol–water partition coefficient (Wildman–Crippen LogP) is 4.01. The molecule has 35 heavy (non-hydrogen) atoms. The van der Waals surface area contributed by atoms with Crippen molar-refractivity contribution >= 4 is 23.6 Å². The van der Waals surface area contributed by atoms with Crippen LogP contribution >= 0.6 is 0 Å². The van der Waals surface area contributed by atoms with Crippen LogP contribution in [-0.4, -0.2) is 65.8 Å². The van der Waals surface area contributed by atoms with Gasteiger partial charge in [-0.05, 0) is 44.9 Å². The highest BCUT2D eigenvalue weighted by Crippen LogP contribution is 2.23. The highest BCUT2D eigenvalue weighted by Gasteiger charge is 2.16. The van der Waals surface area contributed by atoms with E-state index in [2.05, 4.69) is 31.2 Å². The Morgan fingerprint density at radius 2 is 1.83 bits per heavy atom. The van der Waals surface area contributed by atoms with E-state index >= 15 is 0 Å². The van der Waals surface area contributed by atoms with Gasteiger partial charge in [0, 0.05) is 36.8 Å². The van der Waals surface area contributed by atoms with Crippen LogP contribution in [0, 0.1) is 6.92 Å². The van der Waals surface area contributed by atoms with E-state index < -0.39 is 0 Å². The second-order valence-electron chi connectivity index (χ2n) is 8.43. The van der Waals surface area contributed by atoms with Crippen molar-refractivity contribution in [2.75, 3.05) is 33.4 Å². The molecule has 0 spiro atoms. The number of ether oxygens (including phenoxy) is 1. The number of hydrogen-bond donors (Lipinski definition) is 2. The monoisotopic (exact) mass is 486 g/mol. The molecule has 0 unspecified atom stereocenters. The van der Waals surface area contributed by atoms with Gasteiger partial charge in [-0.3, -0.25) is 9.48 Å². The van der Waals surface area contributed by atoms with Crippen LogP contribution in [0.4, 0.5) is 0 Å². The van der Waals surface area contributed by atoms with Crippen LogP contribution in [0.2, 0.25) is 0 Å². The van der Waals surface area contributed by atoms with Gasteiger partial charge in [0.05, 0.1) is 24.9 Å². The van der Waals surface area contributed by atoms with Crippen molar-refractivity contribution in [2.24, 2.45) is 0 Å². The predicted molar refractivity (Wildman–Crippen MR) is 141 cm³/mol. The number of carbonyl (C=O) groups is 2. The van der Waals surface area contributed by atoms with Crippen molar-refractivity contribution in [1.82, 2.24) is 20.0 Å². The molecule has 1 aromatic carbocycles. The van der Waals surface area contributed by atoms with Crippen molar-refractivity contribution in [2.45, 2.75) is 59.9 Å². The van der Waals surface area contributed by atoms with Crippen molar-refractivity contribution in [3.8, 4) is 5.75 Å². The number of aryl methyl sites for hydroxylation is 1. The van der Waals surface area contributed by atoms with E-state index in [4.69, 9.17) is 14.6 Å². The minimum absolute atomic E-state index is 0.115. The van der Waals surface area contributed by atoms with Crippen molar-refractivity contribution in [1.29, 1.82) is 0 Å². The molecule has 194 valence electrons. The third kappa shape index (κ3) is 9.56. The van der Waals surface area contributed by atoms with Crippen LogP contribution in [0.15, 0.2) is 41.6 Å². The molecule has 0 radical (unpaired) electrons.